The van der Waals surface area contributed by atoms with Gasteiger partial charge in [-0.15, -0.1) is 0 Å². The molecule has 4 rings (SSSR count). The lowest BCUT2D eigenvalue weighted by Crippen LogP contribution is -2.34. The third-order valence-electron chi connectivity index (χ3n) is 6.49. The first kappa shape index (κ1) is 15.8. The molecule has 1 heterocycles. The minimum Gasteiger partial charge on any atom is -0.454 e. The SMILES string of the molecule is CC1(C)[C@H]2CC[C@@]1(C)/C(=N/NC(=O)c1cc(Cl)c3c(c1)OCO3)C2. The fraction of sp³-hybridized carbons (Fsp3) is 0.556. The Labute approximate surface area is 146 Å². The molecule has 5 nitrogen and oxygen atoms in total. The first-order chi connectivity index (χ1) is 11.3. The molecule has 0 spiro atoms. The zero-order chi connectivity index (χ0) is 17.1. The van der Waals surface area contributed by atoms with Gasteiger partial charge in [0.2, 0.25) is 6.79 Å². The van der Waals surface area contributed by atoms with Gasteiger partial charge in [-0.05, 0) is 42.7 Å². The van der Waals surface area contributed by atoms with Crippen molar-refractivity contribution >= 4 is 23.2 Å². The fourth-order valence-corrected chi connectivity index (χ4v) is 4.64. The summed E-state index contributed by atoms with van der Waals surface area (Å²) in [6, 6.07) is 3.22. The van der Waals surface area contributed by atoms with Gasteiger partial charge in [-0.2, -0.15) is 5.10 Å². The molecule has 2 aliphatic carbocycles. The molecule has 1 amide bonds. The molecule has 0 aromatic heterocycles. The number of fused-ring (bicyclic) bond motifs is 3. The van der Waals surface area contributed by atoms with Crippen LogP contribution in [-0.4, -0.2) is 18.4 Å². The maximum atomic E-state index is 12.5. The summed E-state index contributed by atoms with van der Waals surface area (Å²) in [6.45, 7) is 7.01. The van der Waals surface area contributed by atoms with Crippen molar-refractivity contribution < 1.29 is 14.3 Å². The van der Waals surface area contributed by atoms with Crippen molar-refractivity contribution in [2.45, 2.75) is 40.0 Å². The highest BCUT2D eigenvalue weighted by atomic mass is 35.5. The third-order valence-corrected chi connectivity index (χ3v) is 6.77. The molecule has 6 heteroatoms. The Bertz CT molecular complexity index is 759. The van der Waals surface area contributed by atoms with Crippen molar-refractivity contribution in [1.82, 2.24) is 5.43 Å². The third kappa shape index (κ3) is 2.07. The molecule has 2 saturated carbocycles. The van der Waals surface area contributed by atoms with Crippen molar-refractivity contribution in [3.8, 4) is 11.5 Å². The molecule has 2 fully saturated rings. The highest BCUT2D eigenvalue weighted by molar-refractivity contribution is 6.32. The molecular formula is C18H21ClN2O3. The van der Waals surface area contributed by atoms with Gasteiger partial charge in [-0.1, -0.05) is 32.4 Å². The second-order valence-electron chi connectivity index (χ2n) is 7.68. The lowest BCUT2D eigenvalue weighted by Gasteiger charge is -2.34. The summed E-state index contributed by atoms with van der Waals surface area (Å²) < 4.78 is 10.6. The topological polar surface area (TPSA) is 59.9 Å². The van der Waals surface area contributed by atoms with E-state index in [9.17, 15) is 4.79 Å². The summed E-state index contributed by atoms with van der Waals surface area (Å²) in [7, 11) is 0. The van der Waals surface area contributed by atoms with Crippen LogP contribution in [0, 0.1) is 16.7 Å². The van der Waals surface area contributed by atoms with Crippen LogP contribution < -0.4 is 14.9 Å². The Morgan fingerprint density at radius 1 is 1.33 bits per heavy atom. The van der Waals surface area contributed by atoms with Crippen molar-refractivity contribution in [3.05, 3.63) is 22.7 Å². The predicted molar refractivity (Wildman–Crippen MR) is 91.7 cm³/mol. The molecule has 2 bridgehead atoms. The molecule has 0 radical (unpaired) electrons. The maximum absolute atomic E-state index is 12.5. The average Bonchev–Trinajstić information content (AvgIpc) is 3.14. The number of nitrogens with one attached hydrogen (secondary N) is 1. The normalized spacial score (nSPS) is 30.8. The van der Waals surface area contributed by atoms with E-state index in [1.807, 2.05) is 0 Å². The van der Waals surface area contributed by atoms with Crippen LogP contribution in [0.1, 0.15) is 50.4 Å². The van der Waals surface area contributed by atoms with Crippen LogP contribution in [0.2, 0.25) is 5.02 Å². The summed E-state index contributed by atoms with van der Waals surface area (Å²) in [5, 5.41) is 4.85. The van der Waals surface area contributed by atoms with Gasteiger partial charge in [0, 0.05) is 16.7 Å². The van der Waals surface area contributed by atoms with Crippen LogP contribution in [-0.2, 0) is 0 Å². The van der Waals surface area contributed by atoms with E-state index in [1.165, 1.54) is 6.42 Å². The second kappa shape index (κ2) is 5.12. The van der Waals surface area contributed by atoms with E-state index in [1.54, 1.807) is 12.1 Å². The van der Waals surface area contributed by atoms with Crippen LogP contribution in [0.5, 0.6) is 11.5 Å². The molecule has 24 heavy (non-hydrogen) atoms. The monoisotopic (exact) mass is 348 g/mol. The van der Waals surface area contributed by atoms with Gasteiger partial charge in [-0.25, -0.2) is 5.43 Å². The number of hydrogen-bond donors (Lipinski definition) is 1. The molecule has 2 atom stereocenters. The van der Waals surface area contributed by atoms with E-state index in [0.29, 0.717) is 28.0 Å². The zero-order valence-corrected chi connectivity index (χ0v) is 14.9. The van der Waals surface area contributed by atoms with Crippen molar-refractivity contribution in [2.75, 3.05) is 6.79 Å². The molecule has 3 aliphatic rings. The van der Waals surface area contributed by atoms with Gasteiger partial charge in [0.25, 0.3) is 5.91 Å². The van der Waals surface area contributed by atoms with Gasteiger partial charge in [0.1, 0.15) is 0 Å². The average molecular weight is 349 g/mol. The summed E-state index contributed by atoms with van der Waals surface area (Å²) in [4.78, 5) is 12.5. The van der Waals surface area contributed by atoms with Gasteiger partial charge >= 0.3 is 0 Å². The molecule has 1 aromatic carbocycles. The molecule has 0 unspecified atom stereocenters. The number of rotatable bonds is 2. The Morgan fingerprint density at radius 2 is 2.12 bits per heavy atom. The Kier molecular flexibility index (Phi) is 3.36. The van der Waals surface area contributed by atoms with Crippen LogP contribution in [0.15, 0.2) is 17.2 Å². The smallest absolute Gasteiger partial charge is 0.271 e. The van der Waals surface area contributed by atoms with Gasteiger partial charge < -0.3 is 9.47 Å². The fourth-order valence-electron chi connectivity index (χ4n) is 4.38. The van der Waals surface area contributed by atoms with E-state index < -0.39 is 0 Å². The standard InChI is InChI=1S/C18H21ClN2O3/c1-17(2)11-4-5-18(17,3)14(8-11)20-21-16(22)10-6-12(19)15-13(7-10)23-9-24-15/h6-7,11H,4-5,8-9H2,1-3H3,(H,21,22)/b20-14+/t11-,18-/m0/s1. The molecular weight excluding hydrogens is 328 g/mol. The number of carbonyl (C=O) groups is 1. The van der Waals surface area contributed by atoms with Crippen LogP contribution in [0.4, 0.5) is 0 Å². The summed E-state index contributed by atoms with van der Waals surface area (Å²) in [5.41, 5.74) is 4.52. The predicted octanol–water partition coefficient (Wildman–Crippen LogP) is 4.00. The number of amides is 1. The number of nitrogens with zero attached hydrogens (tertiary/aromatic N) is 1. The quantitative estimate of drug-likeness (QED) is 0.822. The Hall–Kier alpha value is -1.75. The Balaban J connectivity index is 1.55. The first-order valence-electron chi connectivity index (χ1n) is 8.29. The minimum absolute atomic E-state index is 0.0669. The Morgan fingerprint density at radius 3 is 2.79 bits per heavy atom. The largest absolute Gasteiger partial charge is 0.454 e. The van der Waals surface area contributed by atoms with Crippen molar-refractivity contribution in [1.29, 1.82) is 0 Å². The van der Waals surface area contributed by atoms with Crippen LogP contribution in [0.3, 0.4) is 0 Å². The van der Waals surface area contributed by atoms with E-state index in [4.69, 9.17) is 21.1 Å². The van der Waals surface area contributed by atoms with Gasteiger partial charge in [0.05, 0.1) is 5.02 Å². The molecule has 1 N–H and O–H groups in total. The molecule has 1 aliphatic heterocycles. The zero-order valence-electron chi connectivity index (χ0n) is 14.1. The number of benzene rings is 1. The van der Waals surface area contributed by atoms with Crippen molar-refractivity contribution in [3.63, 3.8) is 0 Å². The van der Waals surface area contributed by atoms with E-state index >= 15 is 0 Å². The molecule has 128 valence electrons. The number of hydrazone groups is 1. The minimum atomic E-state index is -0.285. The summed E-state index contributed by atoms with van der Waals surface area (Å²) in [5.74, 6) is 1.35. The van der Waals surface area contributed by atoms with E-state index in [-0.39, 0.29) is 23.5 Å². The lowest BCUT2D eigenvalue weighted by atomic mass is 9.70. The number of ether oxygens (including phenoxy) is 2. The van der Waals surface area contributed by atoms with E-state index in [2.05, 4.69) is 31.3 Å². The summed E-state index contributed by atoms with van der Waals surface area (Å²) >= 11 is 6.14. The van der Waals surface area contributed by atoms with Gasteiger partial charge in [-0.3, -0.25) is 4.79 Å². The van der Waals surface area contributed by atoms with Crippen LogP contribution >= 0.6 is 11.6 Å². The highest BCUT2D eigenvalue weighted by Gasteiger charge is 2.60. The van der Waals surface area contributed by atoms with Gasteiger partial charge in [0.15, 0.2) is 11.5 Å². The number of carbonyl (C=O) groups excluding carboxylic acids is 1. The number of halogens is 1. The molecule has 1 aromatic rings. The first-order valence-corrected chi connectivity index (χ1v) is 8.67. The molecule has 0 saturated heterocycles. The maximum Gasteiger partial charge on any atom is 0.271 e. The lowest BCUT2D eigenvalue weighted by molar-refractivity contribution is 0.0953. The second-order valence-corrected chi connectivity index (χ2v) is 8.09. The number of hydrogen-bond acceptors (Lipinski definition) is 4. The van der Waals surface area contributed by atoms with E-state index in [0.717, 1.165) is 18.6 Å². The van der Waals surface area contributed by atoms with Crippen LogP contribution in [0.25, 0.3) is 0 Å². The summed E-state index contributed by atoms with van der Waals surface area (Å²) in [6.07, 6.45) is 3.34. The van der Waals surface area contributed by atoms with Crippen molar-refractivity contribution in [2.24, 2.45) is 21.8 Å². The highest BCUT2D eigenvalue weighted by Crippen LogP contribution is 2.63.